The number of hydrogen-bond acceptors (Lipinski definition) is 6. The molecule has 0 aliphatic carbocycles. The fraction of sp³-hybridized carbons (Fsp3) is 0.219. The first-order chi connectivity index (χ1) is 19.8. The molecule has 2 amide bonds. The van der Waals surface area contributed by atoms with E-state index >= 15 is 0 Å². The lowest BCUT2D eigenvalue weighted by Gasteiger charge is -2.28. The molecule has 1 atom stereocenters. The minimum atomic E-state index is -1.09. The van der Waals surface area contributed by atoms with E-state index in [2.05, 4.69) is 38.1 Å². The molecule has 1 aromatic heterocycles. The summed E-state index contributed by atoms with van der Waals surface area (Å²) >= 11 is 0. The minimum absolute atomic E-state index is 0.150. The van der Waals surface area contributed by atoms with E-state index in [4.69, 9.17) is 5.73 Å². The van der Waals surface area contributed by atoms with Crippen LogP contribution in [0.25, 0.3) is 33.3 Å². The van der Waals surface area contributed by atoms with Gasteiger partial charge in [-0.15, -0.1) is 10.2 Å². The van der Waals surface area contributed by atoms with Gasteiger partial charge in [-0.2, -0.15) is 5.21 Å². The lowest BCUT2D eigenvalue weighted by Crippen LogP contribution is -2.56. The summed E-state index contributed by atoms with van der Waals surface area (Å²) in [6.07, 6.45) is 1.14. The van der Waals surface area contributed by atoms with Crippen LogP contribution in [0.3, 0.4) is 0 Å². The topological polar surface area (TPSA) is 130 Å². The molecule has 9 nitrogen and oxygen atoms in total. The minimum Gasteiger partial charge on any atom is -0.343 e. The van der Waals surface area contributed by atoms with Crippen LogP contribution in [0.2, 0.25) is 0 Å². The molecular weight excluding hydrogens is 514 g/mol. The van der Waals surface area contributed by atoms with Crippen molar-refractivity contribution < 1.29 is 9.59 Å². The van der Waals surface area contributed by atoms with Crippen molar-refractivity contribution in [3.63, 3.8) is 0 Å². The van der Waals surface area contributed by atoms with Crippen molar-refractivity contribution in [3.8, 4) is 22.5 Å². The van der Waals surface area contributed by atoms with Crippen LogP contribution in [0.5, 0.6) is 0 Å². The number of amides is 2. The van der Waals surface area contributed by atoms with Gasteiger partial charge in [-0.3, -0.25) is 9.59 Å². The molecule has 9 heteroatoms. The average molecular weight is 546 g/mol. The van der Waals surface area contributed by atoms with Crippen LogP contribution in [0, 0.1) is 0 Å². The molecule has 41 heavy (non-hydrogen) atoms. The SMILES string of the molecule is CC(C)(N)C(=O)N[C@@H]1CCc2c(ccc3ccccc23)N(Cc2ccc(-c3ccccc3-c3nn[nH]n3)cc2)C1=O. The highest BCUT2D eigenvalue weighted by Gasteiger charge is 2.34. The van der Waals surface area contributed by atoms with Gasteiger partial charge in [0.1, 0.15) is 6.04 Å². The van der Waals surface area contributed by atoms with Crippen molar-refractivity contribution in [2.75, 3.05) is 4.90 Å². The summed E-state index contributed by atoms with van der Waals surface area (Å²) in [6, 6.07) is 27.6. The Morgan fingerprint density at radius 1 is 1.00 bits per heavy atom. The Balaban J connectivity index is 1.35. The number of nitrogens with two attached hydrogens (primary N) is 1. The predicted molar refractivity (Wildman–Crippen MR) is 159 cm³/mol. The van der Waals surface area contributed by atoms with E-state index in [0.29, 0.717) is 25.2 Å². The number of carbonyl (C=O) groups is 2. The van der Waals surface area contributed by atoms with E-state index in [1.54, 1.807) is 18.7 Å². The maximum Gasteiger partial charge on any atom is 0.249 e. The van der Waals surface area contributed by atoms with Crippen LogP contribution in [0.15, 0.2) is 84.9 Å². The molecule has 0 unspecified atom stereocenters. The molecule has 0 radical (unpaired) electrons. The molecule has 1 aliphatic heterocycles. The van der Waals surface area contributed by atoms with E-state index in [1.807, 2.05) is 72.8 Å². The zero-order valence-corrected chi connectivity index (χ0v) is 23.0. The number of benzene rings is 4. The molecule has 2 heterocycles. The Kier molecular flexibility index (Phi) is 6.80. The number of aromatic nitrogens is 4. The van der Waals surface area contributed by atoms with Crippen molar-refractivity contribution in [2.45, 2.75) is 44.8 Å². The summed E-state index contributed by atoms with van der Waals surface area (Å²) < 4.78 is 0. The first kappa shape index (κ1) is 26.3. The number of aromatic amines is 1. The molecular formula is C32H31N7O2. The third kappa shape index (κ3) is 5.19. The molecule has 6 rings (SSSR count). The first-order valence-electron chi connectivity index (χ1n) is 13.6. The number of hydrogen-bond donors (Lipinski definition) is 3. The number of nitrogens with one attached hydrogen (secondary N) is 2. The second kappa shape index (κ2) is 10.6. The number of fused-ring (bicyclic) bond motifs is 3. The number of tetrazole rings is 1. The van der Waals surface area contributed by atoms with Crippen molar-refractivity contribution >= 4 is 28.3 Å². The van der Waals surface area contributed by atoms with Gasteiger partial charge in [0, 0.05) is 11.3 Å². The molecule has 5 aromatic rings. The maximum atomic E-state index is 14.0. The number of nitrogens with zero attached hydrogens (tertiary/aromatic N) is 4. The van der Waals surface area contributed by atoms with Gasteiger partial charge in [0.25, 0.3) is 0 Å². The van der Waals surface area contributed by atoms with Gasteiger partial charge in [-0.1, -0.05) is 78.9 Å². The third-order valence-corrected chi connectivity index (χ3v) is 7.56. The van der Waals surface area contributed by atoms with Crippen molar-refractivity contribution in [1.82, 2.24) is 25.9 Å². The molecule has 4 N–H and O–H groups in total. The Hall–Kier alpha value is -4.89. The predicted octanol–water partition coefficient (Wildman–Crippen LogP) is 4.39. The lowest BCUT2D eigenvalue weighted by molar-refractivity contribution is -0.130. The van der Waals surface area contributed by atoms with Crippen LogP contribution in [0.1, 0.15) is 31.4 Å². The van der Waals surface area contributed by atoms with Crippen LogP contribution in [0.4, 0.5) is 5.69 Å². The largest absolute Gasteiger partial charge is 0.343 e. The Bertz CT molecular complexity index is 1720. The molecule has 4 aromatic carbocycles. The first-order valence-corrected chi connectivity index (χ1v) is 13.6. The van der Waals surface area contributed by atoms with Crippen LogP contribution < -0.4 is 16.0 Å². The molecule has 0 fully saturated rings. The molecule has 0 spiro atoms. The second-order valence-corrected chi connectivity index (χ2v) is 11.0. The fourth-order valence-corrected chi connectivity index (χ4v) is 5.38. The van der Waals surface area contributed by atoms with Gasteiger partial charge in [-0.05, 0) is 71.0 Å². The lowest BCUT2D eigenvalue weighted by atomic mass is 9.97. The van der Waals surface area contributed by atoms with E-state index in [1.165, 1.54) is 0 Å². The van der Waals surface area contributed by atoms with E-state index < -0.39 is 11.6 Å². The number of aryl methyl sites for hydroxylation is 1. The summed E-state index contributed by atoms with van der Waals surface area (Å²) in [5.74, 6) is 0.0248. The van der Waals surface area contributed by atoms with E-state index in [9.17, 15) is 9.59 Å². The standard InChI is InChI=1S/C32H31N7O2/c1-32(2,33)31(41)34-27-17-16-25-23-8-4-3-7-21(23)15-18-28(25)39(30(27)40)19-20-11-13-22(14-12-20)24-9-5-6-10-26(24)29-35-37-38-36-29/h3-15,18,27H,16-17,19,33H2,1-2H3,(H,34,41)(H,35,36,37,38)/t27-/m1/s1. The highest BCUT2D eigenvalue weighted by Crippen LogP contribution is 2.35. The summed E-state index contributed by atoms with van der Waals surface area (Å²) in [5.41, 5.74) is 10.7. The third-order valence-electron chi connectivity index (χ3n) is 7.56. The molecule has 1 aliphatic rings. The van der Waals surface area contributed by atoms with E-state index in [-0.39, 0.29) is 11.8 Å². The quantitative estimate of drug-likeness (QED) is 0.290. The van der Waals surface area contributed by atoms with Crippen molar-refractivity contribution in [3.05, 3.63) is 96.1 Å². The van der Waals surface area contributed by atoms with Crippen LogP contribution in [-0.2, 0) is 22.6 Å². The van der Waals surface area contributed by atoms with Gasteiger partial charge in [0.05, 0.1) is 12.1 Å². The average Bonchev–Trinajstić information content (AvgIpc) is 3.48. The molecule has 0 bridgehead atoms. The number of H-pyrrole nitrogens is 1. The highest BCUT2D eigenvalue weighted by atomic mass is 16.2. The van der Waals surface area contributed by atoms with Crippen molar-refractivity contribution in [1.29, 1.82) is 0 Å². The monoisotopic (exact) mass is 545 g/mol. The molecule has 0 saturated carbocycles. The summed E-state index contributed by atoms with van der Waals surface area (Å²) in [4.78, 5) is 28.6. The molecule has 0 saturated heterocycles. The fourth-order valence-electron chi connectivity index (χ4n) is 5.38. The highest BCUT2D eigenvalue weighted by molar-refractivity contribution is 6.04. The summed E-state index contributed by atoms with van der Waals surface area (Å²) in [7, 11) is 0. The van der Waals surface area contributed by atoms with Gasteiger partial charge < -0.3 is 16.0 Å². The van der Waals surface area contributed by atoms with Gasteiger partial charge in [-0.25, -0.2) is 0 Å². The van der Waals surface area contributed by atoms with Crippen molar-refractivity contribution in [2.24, 2.45) is 5.73 Å². The zero-order valence-electron chi connectivity index (χ0n) is 23.0. The Morgan fingerprint density at radius 2 is 1.73 bits per heavy atom. The zero-order chi connectivity index (χ0) is 28.6. The second-order valence-electron chi connectivity index (χ2n) is 11.0. The number of rotatable bonds is 6. The Labute approximate surface area is 237 Å². The van der Waals surface area contributed by atoms with Gasteiger partial charge >= 0.3 is 0 Å². The normalized spacial score (nSPS) is 15.4. The summed E-state index contributed by atoms with van der Waals surface area (Å²) in [6.45, 7) is 3.64. The number of anilines is 1. The number of carbonyl (C=O) groups excluding carboxylic acids is 2. The summed E-state index contributed by atoms with van der Waals surface area (Å²) in [5, 5.41) is 19.6. The van der Waals surface area contributed by atoms with Gasteiger partial charge in [0.2, 0.25) is 17.6 Å². The van der Waals surface area contributed by atoms with Crippen LogP contribution >= 0.6 is 0 Å². The van der Waals surface area contributed by atoms with Gasteiger partial charge in [0.15, 0.2) is 0 Å². The van der Waals surface area contributed by atoms with Crippen LogP contribution in [-0.4, -0.2) is 44.0 Å². The smallest absolute Gasteiger partial charge is 0.249 e. The Morgan fingerprint density at radius 3 is 2.46 bits per heavy atom. The maximum absolute atomic E-state index is 14.0. The molecule has 206 valence electrons. The van der Waals surface area contributed by atoms with E-state index in [0.717, 1.165) is 44.3 Å².